The number of nitriles is 1. The summed E-state index contributed by atoms with van der Waals surface area (Å²) >= 11 is 0. The molecule has 9 heteroatoms. The first-order valence-corrected chi connectivity index (χ1v) is 10.1. The van der Waals surface area contributed by atoms with Crippen LogP contribution in [0.2, 0.25) is 0 Å². The van der Waals surface area contributed by atoms with E-state index in [1.807, 2.05) is 0 Å². The SMILES string of the molecule is CS(=O)(=O)c1ccc(Nc2ncnc(OC3CCNCC3)c2C#N)cc1. The topological polar surface area (TPSA) is 117 Å². The van der Waals surface area contributed by atoms with Gasteiger partial charge < -0.3 is 15.4 Å². The van der Waals surface area contributed by atoms with Crippen molar-refractivity contribution in [3.8, 4) is 11.9 Å². The number of anilines is 2. The Kier molecular flexibility index (Phi) is 5.35. The summed E-state index contributed by atoms with van der Waals surface area (Å²) in [7, 11) is -3.26. The van der Waals surface area contributed by atoms with Gasteiger partial charge in [0.1, 0.15) is 18.5 Å². The van der Waals surface area contributed by atoms with Crippen molar-refractivity contribution in [1.29, 1.82) is 5.26 Å². The number of hydrogen-bond acceptors (Lipinski definition) is 8. The van der Waals surface area contributed by atoms with Gasteiger partial charge in [0.2, 0.25) is 5.88 Å². The van der Waals surface area contributed by atoms with Gasteiger partial charge in [-0.15, -0.1) is 0 Å². The van der Waals surface area contributed by atoms with Crippen LogP contribution in [0.4, 0.5) is 11.5 Å². The second-order valence-corrected chi connectivity index (χ2v) is 8.02. The van der Waals surface area contributed by atoms with E-state index in [2.05, 4.69) is 26.7 Å². The average molecular weight is 373 g/mol. The minimum Gasteiger partial charge on any atom is -0.473 e. The summed E-state index contributed by atoms with van der Waals surface area (Å²) in [5, 5.41) is 15.8. The highest BCUT2D eigenvalue weighted by atomic mass is 32.2. The van der Waals surface area contributed by atoms with Gasteiger partial charge in [-0.3, -0.25) is 0 Å². The number of benzene rings is 1. The van der Waals surface area contributed by atoms with Crippen molar-refractivity contribution < 1.29 is 13.2 Å². The van der Waals surface area contributed by atoms with Crippen molar-refractivity contribution in [3.05, 3.63) is 36.2 Å². The molecule has 1 aromatic carbocycles. The molecule has 0 radical (unpaired) electrons. The van der Waals surface area contributed by atoms with Gasteiger partial charge in [0.05, 0.1) is 4.90 Å². The third kappa shape index (κ3) is 4.28. The molecule has 1 fully saturated rings. The van der Waals surface area contributed by atoms with E-state index in [0.717, 1.165) is 32.2 Å². The molecule has 1 aromatic heterocycles. The van der Waals surface area contributed by atoms with Gasteiger partial charge in [0.25, 0.3) is 0 Å². The van der Waals surface area contributed by atoms with Crippen molar-refractivity contribution in [2.75, 3.05) is 24.7 Å². The first kappa shape index (κ1) is 18.1. The first-order valence-electron chi connectivity index (χ1n) is 8.17. The number of hydrogen-bond donors (Lipinski definition) is 2. The molecule has 0 atom stereocenters. The molecule has 3 rings (SSSR count). The van der Waals surface area contributed by atoms with Crippen LogP contribution in [0, 0.1) is 11.3 Å². The Labute approximate surface area is 152 Å². The molecule has 1 aliphatic heterocycles. The maximum atomic E-state index is 11.5. The molecule has 2 aromatic rings. The molecule has 2 N–H and O–H groups in total. The lowest BCUT2D eigenvalue weighted by molar-refractivity contribution is 0.155. The lowest BCUT2D eigenvalue weighted by Gasteiger charge is -2.23. The highest BCUT2D eigenvalue weighted by molar-refractivity contribution is 7.90. The van der Waals surface area contributed by atoms with Gasteiger partial charge in [-0.2, -0.15) is 5.26 Å². The van der Waals surface area contributed by atoms with Crippen LogP contribution in [0.25, 0.3) is 0 Å². The molecule has 0 saturated carbocycles. The summed E-state index contributed by atoms with van der Waals surface area (Å²) < 4.78 is 28.9. The zero-order chi connectivity index (χ0) is 18.6. The summed E-state index contributed by atoms with van der Waals surface area (Å²) in [6, 6.07) is 8.32. The summed E-state index contributed by atoms with van der Waals surface area (Å²) in [6.45, 7) is 1.74. The smallest absolute Gasteiger partial charge is 0.237 e. The number of piperidine rings is 1. The minimum atomic E-state index is -3.26. The van der Waals surface area contributed by atoms with E-state index in [9.17, 15) is 13.7 Å². The van der Waals surface area contributed by atoms with Crippen LogP contribution in [0.1, 0.15) is 18.4 Å². The van der Waals surface area contributed by atoms with E-state index in [4.69, 9.17) is 4.74 Å². The Morgan fingerprint density at radius 2 is 1.92 bits per heavy atom. The molecule has 1 aliphatic rings. The first-order chi connectivity index (χ1) is 12.5. The summed E-state index contributed by atoms with van der Waals surface area (Å²) in [5.41, 5.74) is 0.832. The fraction of sp³-hybridized carbons (Fsp3) is 0.353. The molecule has 0 bridgehead atoms. The molecule has 0 unspecified atom stereocenters. The average Bonchev–Trinajstić information content (AvgIpc) is 2.63. The third-order valence-corrected chi connectivity index (χ3v) is 5.16. The number of sulfone groups is 1. The van der Waals surface area contributed by atoms with Crippen LogP contribution >= 0.6 is 0 Å². The van der Waals surface area contributed by atoms with Crippen LogP contribution in [0.5, 0.6) is 5.88 Å². The highest BCUT2D eigenvalue weighted by Crippen LogP contribution is 2.26. The number of aromatic nitrogens is 2. The van der Waals surface area contributed by atoms with Gasteiger partial charge in [0, 0.05) is 11.9 Å². The van der Waals surface area contributed by atoms with Gasteiger partial charge in [-0.05, 0) is 50.2 Å². The lowest BCUT2D eigenvalue weighted by Crippen LogP contribution is -2.34. The quantitative estimate of drug-likeness (QED) is 0.812. The largest absolute Gasteiger partial charge is 0.473 e. The van der Waals surface area contributed by atoms with Crippen LogP contribution in [0.3, 0.4) is 0 Å². The van der Waals surface area contributed by atoms with Crippen LogP contribution in [0.15, 0.2) is 35.5 Å². The van der Waals surface area contributed by atoms with Crippen molar-refractivity contribution in [1.82, 2.24) is 15.3 Å². The maximum absolute atomic E-state index is 11.5. The van der Waals surface area contributed by atoms with E-state index in [-0.39, 0.29) is 22.4 Å². The van der Waals surface area contributed by atoms with Gasteiger partial charge in [-0.25, -0.2) is 18.4 Å². The van der Waals surface area contributed by atoms with E-state index < -0.39 is 9.84 Å². The van der Waals surface area contributed by atoms with Crippen LogP contribution in [-0.4, -0.2) is 43.8 Å². The lowest BCUT2D eigenvalue weighted by atomic mass is 10.1. The molecular weight excluding hydrogens is 354 g/mol. The molecule has 2 heterocycles. The molecule has 0 aliphatic carbocycles. The predicted molar refractivity (Wildman–Crippen MR) is 96.1 cm³/mol. The summed E-state index contributed by atoms with van der Waals surface area (Å²) in [6.07, 6.45) is 4.21. The number of nitrogens with one attached hydrogen (secondary N) is 2. The zero-order valence-electron chi connectivity index (χ0n) is 14.3. The van der Waals surface area contributed by atoms with Crippen molar-refractivity contribution in [2.45, 2.75) is 23.8 Å². The Morgan fingerprint density at radius 3 is 2.54 bits per heavy atom. The highest BCUT2D eigenvalue weighted by Gasteiger charge is 2.19. The minimum absolute atomic E-state index is 0.0140. The van der Waals surface area contributed by atoms with E-state index in [1.165, 1.54) is 18.5 Å². The number of nitrogens with zero attached hydrogens (tertiary/aromatic N) is 3. The molecular formula is C17H19N5O3S. The Bertz CT molecular complexity index is 916. The molecule has 0 amide bonds. The predicted octanol–water partition coefficient (Wildman–Crippen LogP) is 1.63. The second-order valence-electron chi connectivity index (χ2n) is 6.00. The number of rotatable bonds is 5. The van der Waals surface area contributed by atoms with Gasteiger partial charge in [0.15, 0.2) is 21.2 Å². The molecule has 0 spiro atoms. The molecule has 8 nitrogen and oxygen atoms in total. The summed E-state index contributed by atoms with van der Waals surface area (Å²) in [4.78, 5) is 8.43. The van der Waals surface area contributed by atoms with Gasteiger partial charge >= 0.3 is 0 Å². The Hall–Kier alpha value is -2.70. The second kappa shape index (κ2) is 7.68. The van der Waals surface area contributed by atoms with Crippen molar-refractivity contribution in [2.24, 2.45) is 0 Å². The van der Waals surface area contributed by atoms with Crippen LogP contribution in [-0.2, 0) is 9.84 Å². The Balaban J connectivity index is 1.81. The standard InChI is InChI=1S/C17H19N5O3S/c1-26(23,24)14-4-2-12(3-5-14)22-16-15(10-18)17(21-11-20-16)25-13-6-8-19-9-7-13/h2-5,11,13,19H,6-9H2,1H3,(H,20,21,22). The van der Waals surface area contributed by atoms with E-state index >= 15 is 0 Å². The Morgan fingerprint density at radius 1 is 1.23 bits per heavy atom. The maximum Gasteiger partial charge on any atom is 0.237 e. The monoisotopic (exact) mass is 373 g/mol. The molecule has 136 valence electrons. The fourth-order valence-corrected chi connectivity index (χ4v) is 3.28. The van der Waals surface area contributed by atoms with E-state index in [1.54, 1.807) is 12.1 Å². The van der Waals surface area contributed by atoms with Crippen LogP contribution < -0.4 is 15.4 Å². The fourth-order valence-electron chi connectivity index (χ4n) is 2.65. The molecule has 1 saturated heterocycles. The van der Waals surface area contributed by atoms with Crippen molar-refractivity contribution in [3.63, 3.8) is 0 Å². The number of ether oxygens (including phenoxy) is 1. The molecule has 26 heavy (non-hydrogen) atoms. The van der Waals surface area contributed by atoms with Crippen molar-refractivity contribution >= 4 is 21.3 Å². The zero-order valence-corrected chi connectivity index (χ0v) is 15.1. The van der Waals surface area contributed by atoms with E-state index in [0.29, 0.717) is 11.5 Å². The summed E-state index contributed by atoms with van der Waals surface area (Å²) in [5.74, 6) is 0.572. The normalized spacial score (nSPS) is 15.2. The third-order valence-electron chi connectivity index (χ3n) is 4.03. The van der Waals surface area contributed by atoms with Gasteiger partial charge in [-0.1, -0.05) is 0 Å².